The number of hydrogen-bond acceptors (Lipinski definition) is 3. The largest absolute Gasteiger partial charge is 0.459 e. The van der Waals surface area contributed by atoms with Gasteiger partial charge in [0.15, 0.2) is 0 Å². The van der Waals surface area contributed by atoms with Crippen molar-refractivity contribution in [3.05, 3.63) is 45.1 Å². The molecule has 25 heavy (non-hydrogen) atoms. The van der Waals surface area contributed by atoms with Crippen LogP contribution in [0.1, 0.15) is 50.6 Å². The number of ether oxygens (including phenoxy) is 1. The molecule has 2 aliphatic rings. The van der Waals surface area contributed by atoms with Gasteiger partial charge in [-0.1, -0.05) is 35.7 Å². The molecule has 0 aromatic heterocycles. The highest BCUT2D eigenvalue weighted by atomic mass is 35.5. The quantitative estimate of drug-likeness (QED) is 0.756. The van der Waals surface area contributed by atoms with E-state index >= 15 is 0 Å². The molecule has 0 bridgehead atoms. The maximum absolute atomic E-state index is 12.8. The lowest BCUT2D eigenvalue weighted by Crippen LogP contribution is -2.45. The van der Waals surface area contributed by atoms with Crippen LogP contribution in [0, 0.1) is 0 Å². The van der Waals surface area contributed by atoms with Crippen LogP contribution in [0.15, 0.2) is 29.5 Å². The lowest BCUT2D eigenvalue weighted by atomic mass is 9.94. The molecule has 1 unspecified atom stereocenters. The van der Waals surface area contributed by atoms with Crippen LogP contribution in [-0.2, 0) is 9.53 Å². The molecule has 1 aromatic rings. The summed E-state index contributed by atoms with van der Waals surface area (Å²) in [6.07, 6.45) is 5.03. The number of carbonyl (C=O) groups is 2. The molecule has 2 N–H and O–H groups in total. The molecule has 0 radical (unpaired) electrons. The number of urea groups is 1. The molecule has 1 aromatic carbocycles. The van der Waals surface area contributed by atoms with Gasteiger partial charge in [-0.05, 0) is 50.3 Å². The Morgan fingerprint density at radius 2 is 1.88 bits per heavy atom. The van der Waals surface area contributed by atoms with E-state index in [1.807, 2.05) is 0 Å². The highest BCUT2D eigenvalue weighted by Gasteiger charge is 2.33. The first kappa shape index (κ1) is 18.1. The van der Waals surface area contributed by atoms with Gasteiger partial charge in [0, 0.05) is 5.70 Å². The van der Waals surface area contributed by atoms with E-state index < -0.39 is 12.0 Å². The van der Waals surface area contributed by atoms with Crippen molar-refractivity contribution in [3.63, 3.8) is 0 Å². The Morgan fingerprint density at radius 1 is 1.16 bits per heavy atom. The molecule has 3 rings (SSSR count). The summed E-state index contributed by atoms with van der Waals surface area (Å²) in [5.41, 5.74) is 1.56. The van der Waals surface area contributed by atoms with Crippen LogP contribution in [0.4, 0.5) is 4.79 Å². The molecule has 1 aliphatic heterocycles. The second kappa shape index (κ2) is 7.67. The average Bonchev–Trinajstić information content (AvgIpc) is 2.57. The Bertz CT molecular complexity index is 727. The Kier molecular flexibility index (Phi) is 5.54. The summed E-state index contributed by atoms with van der Waals surface area (Å²) in [5, 5.41) is 6.19. The summed E-state index contributed by atoms with van der Waals surface area (Å²) >= 11 is 12.1. The number of hydrogen-bond donors (Lipinski definition) is 2. The molecule has 2 amide bonds. The van der Waals surface area contributed by atoms with Gasteiger partial charge in [0.05, 0.1) is 21.7 Å². The van der Waals surface area contributed by atoms with Crippen molar-refractivity contribution in [2.24, 2.45) is 0 Å². The average molecular weight is 383 g/mol. The zero-order valence-corrected chi connectivity index (χ0v) is 15.4. The van der Waals surface area contributed by atoms with Gasteiger partial charge in [-0.3, -0.25) is 0 Å². The molecule has 1 fully saturated rings. The summed E-state index contributed by atoms with van der Waals surface area (Å²) in [5.74, 6) is -0.409. The van der Waals surface area contributed by atoms with Gasteiger partial charge in [-0.2, -0.15) is 0 Å². The van der Waals surface area contributed by atoms with Crippen molar-refractivity contribution in [1.82, 2.24) is 10.6 Å². The monoisotopic (exact) mass is 382 g/mol. The third-order valence-corrected chi connectivity index (χ3v) is 5.33. The first-order valence-electron chi connectivity index (χ1n) is 8.40. The van der Waals surface area contributed by atoms with Crippen LogP contribution < -0.4 is 10.6 Å². The number of nitrogens with one attached hydrogen (secondary N) is 2. The van der Waals surface area contributed by atoms with Crippen LogP contribution in [0.2, 0.25) is 10.0 Å². The van der Waals surface area contributed by atoms with E-state index in [1.165, 1.54) is 6.42 Å². The lowest BCUT2D eigenvalue weighted by Gasteiger charge is -2.30. The van der Waals surface area contributed by atoms with Gasteiger partial charge >= 0.3 is 12.0 Å². The van der Waals surface area contributed by atoms with Crippen molar-refractivity contribution in [3.8, 4) is 0 Å². The topological polar surface area (TPSA) is 67.4 Å². The number of halogens is 2. The van der Waals surface area contributed by atoms with E-state index in [-0.39, 0.29) is 12.1 Å². The summed E-state index contributed by atoms with van der Waals surface area (Å²) in [6, 6.07) is 4.04. The number of esters is 1. The van der Waals surface area contributed by atoms with Crippen molar-refractivity contribution in [2.75, 3.05) is 0 Å². The van der Waals surface area contributed by atoms with Crippen LogP contribution >= 0.6 is 23.2 Å². The zero-order valence-electron chi connectivity index (χ0n) is 13.9. The Labute approximate surface area is 156 Å². The van der Waals surface area contributed by atoms with E-state index in [0.717, 1.165) is 25.7 Å². The Balaban J connectivity index is 1.88. The fourth-order valence-corrected chi connectivity index (χ4v) is 3.61. The van der Waals surface area contributed by atoms with Crippen LogP contribution in [0.3, 0.4) is 0 Å². The van der Waals surface area contributed by atoms with Crippen LogP contribution in [-0.4, -0.2) is 18.1 Å². The van der Waals surface area contributed by atoms with E-state index in [2.05, 4.69) is 10.6 Å². The highest BCUT2D eigenvalue weighted by molar-refractivity contribution is 6.42. The molecular weight excluding hydrogens is 363 g/mol. The van der Waals surface area contributed by atoms with Gasteiger partial charge in [0.25, 0.3) is 0 Å². The minimum Gasteiger partial charge on any atom is -0.459 e. The van der Waals surface area contributed by atoms with Crippen molar-refractivity contribution in [2.45, 2.75) is 51.2 Å². The van der Waals surface area contributed by atoms with Gasteiger partial charge in [-0.25, -0.2) is 9.59 Å². The number of benzene rings is 1. The molecule has 134 valence electrons. The molecule has 1 aliphatic carbocycles. The Hall–Kier alpha value is -1.72. The van der Waals surface area contributed by atoms with Gasteiger partial charge in [-0.15, -0.1) is 0 Å². The molecule has 1 atom stereocenters. The smallest absolute Gasteiger partial charge is 0.338 e. The molecule has 7 heteroatoms. The van der Waals surface area contributed by atoms with Crippen molar-refractivity contribution in [1.29, 1.82) is 0 Å². The fourth-order valence-electron chi connectivity index (χ4n) is 3.30. The summed E-state index contributed by atoms with van der Waals surface area (Å²) in [6.45, 7) is 1.70. The first-order valence-corrected chi connectivity index (χ1v) is 9.15. The van der Waals surface area contributed by atoms with E-state index in [0.29, 0.717) is 26.9 Å². The van der Waals surface area contributed by atoms with E-state index in [1.54, 1.807) is 25.1 Å². The summed E-state index contributed by atoms with van der Waals surface area (Å²) < 4.78 is 5.70. The normalized spacial score (nSPS) is 21.6. The van der Waals surface area contributed by atoms with Crippen LogP contribution in [0.25, 0.3) is 0 Å². The predicted octanol–water partition coefficient (Wildman–Crippen LogP) is 4.50. The van der Waals surface area contributed by atoms with Crippen molar-refractivity contribution < 1.29 is 14.3 Å². The van der Waals surface area contributed by atoms with Crippen LogP contribution in [0.5, 0.6) is 0 Å². The summed E-state index contributed by atoms with van der Waals surface area (Å²) in [4.78, 5) is 24.7. The minimum absolute atomic E-state index is 0.0615. The van der Waals surface area contributed by atoms with Gasteiger partial charge in [0.1, 0.15) is 6.10 Å². The van der Waals surface area contributed by atoms with E-state index in [9.17, 15) is 9.59 Å². The number of allylic oxidation sites excluding steroid dienone is 1. The standard InChI is InChI=1S/C18H20Cl2N2O3/c1-10-15(17(23)25-12-5-3-2-4-6-12)16(22-18(24)21-10)11-7-8-13(19)14(20)9-11/h7-9,12,16H,2-6H2,1H3,(H2,21,22,24). The zero-order chi connectivity index (χ0) is 18.0. The third kappa shape index (κ3) is 4.10. The molecular formula is C18H20Cl2N2O3. The number of carbonyl (C=O) groups excluding carboxylic acids is 2. The maximum Gasteiger partial charge on any atom is 0.338 e. The minimum atomic E-state index is -0.625. The molecule has 0 spiro atoms. The highest BCUT2D eigenvalue weighted by Crippen LogP contribution is 2.32. The number of amides is 2. The van der Waals surface area contributed by atoms with E-state index in [4.69, 9.17) is 27.9 Å². The van der Waals surface area contributed by atoms with Crippen molar-refractivity contribution >= 4 is 35.2 Å². The second-order valence-corrected chi connectivity index (χ2v) is 7.22. The van der Waals surface area contributed by atoms with Gasteiger partial charge in [0.2, 0.25) is 0 Å². The van der Waals surface area contributed by atoms with Gasteiger partial charge < -0.3 is 15.4 Å². The fraction of sp³-hybridized carbons (Fsp3) is 0.444. The number of rotatable bonds is 3. The Morgan fingerprint density at radius 3 is 2.56 bits per heavy atom. The second-order valence-electron chi connectivity index (χ2n) is 6.41. The third-order valence-electron chi connectivity index (χ3n) is 4.59. The molecule has 1 heterocycles. The molecule has 0 saturated heterocycles. The lowest BCUT2D eigenvalue weighted by molar-refractivity contribution is -0.146. The molecule has 1 saturated carbocycles. The first-order chi connectivity index (χ1) is 12.0. The maximum atomic E-state index is 12.8. The SMILES string of the molecule is CC1=C(C(=O)OC2CCCCC2)C(c2ccc(Cl)c(Cl)c2)NC(=O)N1. The summed E-state index contributed by atoms with van der Waals surface area (Å²) in [7, 11) is 0. The predicted molar refractivity (Wildman–Crippen MR) is 96.5 cm³/mol. The molecule has 5 nitrogen and oxygen atoms in total.